The summed E-state index contributed by atoms with van der Waals surface area (Å²) in [6, 6.07) is 10.2. The molecule has 1 aliphatic rings. The second-order valence-electron chi connectivity index (χ2n) is 7.04. The third-order valence-corrected chi connectivity index (χ3v) is 4.73. The molecule has 29 heavy (non-hydrogen) atoms. The van der Waals surface area contributed by atoms with Gasteiger partial charge in [0.1, 0.15) is 5.82 Å². The Morgan fingerprint density at radius 2 is 2.17 bits per heavy atom. The highest BCUT2D eigenvalue weighted by Crippen LogP contribution is 2.37. The van der Waals surface area contributed by atoms with Gasteiger partial charge in [-0.15, -0.1) is 0 Å². The number of aromatic nitrogens is 2. The average molecular weight is 390 g/mol. The molecule has 1 aliphatic heterocycles. The third kappa shape index (κ3) is 3.62. The van der Waals surface area contributed by atoms with Crippen molar-refractivity contribution in [2.75, 3.05) is 16.0 Å². The molecule has 3 aromatic rings. The summed E-state index contributed by atoms with van der Waals surface area (Å²) in [4.78, 5) is 12.0. The monoisotopic (exact) mass is 390 g/mol. The Balaban J connectivity index is 1.74. The van der Waals surface area contributed by atoms with Crippen LogP contribution in [-0.2, 0) is 11.8 Å². The number of halogens is 1. The fourth-order valence-electron chi connectivity index (χ4n) is 3.40. The number of aryl methyl sites for hydroxylation is 1. The fourth-order valence-corrected chi connectivity index (χ4v) is 3.40. The number of hydrogen-bond acceptors (Lipinski definition) is 5. The molecule has 0 aliphatic carbocycles. The lowest BCUT2D eigenvalue weighted by Gasteiger charge is -2.18. The number of nitriles is 1. The molecule has 3 N–H and O–H groups in total. The molecule has 1 amide bonds. The maximum atomic E-state index is 14.9. The number of nitrogens with one attached hydrogen (secondary N) is 3. The quantitative estimate of drug-likeness (QED) is 0.629. The molecule has 146 valence electrons. The first kappa shape index (κ1) is 18.5. The lowest BCUT2D eigenvalue weighted by Crippen LogP contribution is -2.19. The molecule has 0 fully saturated rings. The molecule has 1 atom stereocenters. The fraction of sp³-hybridized carbons (Fsp3) is 0.190. The zero-order valence-electron chi connectivity index (χ0n) is 16.0. The van der Waals surface area contributed by atoms with Crippen molar-refractivity contribution < 1.29 is 9.18 Å². The van der Waals surface area contributed by atoms with Gasteiger partial charge in [0, 0.05) is 36.8 Å². The van der Waals surface area contributed by atoms with E-state index in [0.29, 0.717) is 40.2 Å². The zero-order chi connectivity index (χ0) is 20.5. The number of carbonyl (C=O) groups excluding carboxylic acids is 1. The van der Waals surface area contributed by atoms with Crippen molar-refractivity contribution in [1.29, 1.82) is 5.26 Å². The number of benzene rings is 2. The van der Waals surface area contributed by atoms with Crippen LogP contribution < -0.4 is 16.0 Å². The van der Waals surface area contributed by atoms with E-state index in [0.717, 1.165) is 0 Å². The predicted molar refractivity (Wildman–Crippen MR) is 109 cm³/mol. The van der Waals surface area contributed by atoms with E-state index in [1.807, 2.05) is 6.92 Å². The van der Waals surface area contributed by atoms with Gasteiger partial charge in [0.05, 0.1) is 40.6 Å². The van der Waals surface area contributed by atoms with Crippen LogP contribution in [-0.4, -0.2) is 21.7 Å². The second kappa shape index (κ2) is 7.28. The van der Waals surface area contributed by atoms with Crippen LogP contribution in [0.4, 0.5) is 27.1 Å². The molecular weight excluding hydrogens is 371 g/mol. The van der Waals surface area contributed by atoms with E-state index in [-0.39, 0.29) is 17.6 Å². The van der Waals surface area contributed by atoms with E-state index in [4.69, 9.17) is 0 Å². The Bertz CT molecular complexity index is 1150. The zero-order valence-corrected chi connectivity index (χ0v) is 16.0. The number of nitrogens with zero attached hydrogens (tertiary/aromatic N) is 3. The summed E-state index contributed by atoms with van der Waals surface area (Å²) in [5.74, 6) is -0.578. The summed E-state index contributed by atoms with van der Waals surface area (Å²) in [6.07, 6.45) is 3.66. The minimum absolute atomic E-state index is 0.0772. The van der Waals surface area contributed by atoms with Crippen molar-refractivity contribution in [2.24, 2.45) is 7.05 Å². The van der Waals surface area contributed by atoms with Crippen molar-refractivity contribution in [3.63, 3.8) is 0 Å². The second-order valence-corrected chi connectivity index (χ2v) is 7.04. The molecule has 0 radical (unpaired) electrons. The number of carbonyl (C=O) groups is 1. The van der Waals surface area contributed by atoms with Crippen molar-refractivity contribution >= 4 is 28.7 Å². The van der Waals surface area contributed by atoms with Gasteiger partial charge in [-0.1, -0.05) is 6.07 Å². The van der Waals surface area contributed by atoms with Crippen molar-refractivity contribution in [2.45, 2.75) is 19.4 Å². The van der Waals surface area contributed by atoms with Gasteiger partial charge in [-0.05, 0) is 31.2 Å². The molecule has 8 heteroatoms. The lowest BCUT2D eigenvalue weighted by molar-refractivity contribution is -0.116. The number of para-hydroxylation sites is 1. The largest absolute Gasteiger partial charge is 0.379 e. The maximum Gasteiger partial charge on any atom is 0.226 e. The van der Waals surface area contributed by atoms with Crippen molar-refractivity contribution in [3.8, 4) is 17.2 Å². The van der Waals surface area contributed by atoms with Crippen LogP contribution in [0.3, 0.4) is 0 Å². The van der Waals surface area contributed by atoms with E-state index in [9.17, 15) is 14.4 Å². The normalized spacial score (nSPS) is 15.5. The molecule has 4 rings (SSSR count). The first-order valence-electron chi connectivity index (χ1n) is 9.13. The topological polar surface area (TPSA) is 94.8 Å². The number of rotatable bonds is 3. The van der Waals surface area contributed by atoms with Crippen LogP contribution in [0, 0.1) is 17.1 Å². The van der Waals surface area contributed by atoms with Crippen LogP contribution in [0.5, 0.6) is 0 Å². The van der Waals surface area contributed by atoms with Crippen LogP contribution in [0.2, 0.25) is 0 Å². The van der Waals surface area contributed by atoms with Crippen LogP contribution in [0.1, 0.15) is 18.9 Å². The minimum Gasteiger partial charge on any atom is -0.379 e. The molecule has 0 saturated carbocycles. The summed E-state index contributed by atoms with van der Waals surface area (Å²) < 4.78 is 16.5. The Labute approximate surface area is 167 Å². The Hall–Kier alpha value is -3.86. The summed E-state index contributed by atoms with van der Waals surface area (Å²) in [5, 5.41) is 22.9. The summed E-state index contributed by atoms with van der Waals surface area (Å²) in [5.41, 5.74) is 3.56. The maximum absolute atomic E-state index is 14.9. The highest BCUT2D eigenvalue weighted by Gasteiger charge is 2.21. The molecular formula is C21H19FN6O. The van der Waals surface area contributed by atoms with Crippen molar-refractivity contribution in [1.82, 2.24) is 9.78 Å². The SMILES string of the molecule is C[C@@H]1CC(=O)Nc2cccc(Nc3cc(C#N)c(-c4cnn(C)c4)cc3F)c2N1. The van der Waals surface area contributed by atoms with Gasteiger partial charge < -0.3 is 16.0 Å². The first-order valence-corrected chi connectivity index (χ1v) is 9.13. The number of fused-ring (bicyclic) bond motifs is 1. The summed E-state index contributed by atoms with van der Waals surface area (Å²) in [7, 11) is 1.76. The number of hydrogen-bond donors (Lipinski definition) is 3. The van der Waals surface area contributed by atoms with Crippen molar-refractivity contribution in [3.05, 3.63) is 54.1 Å². The van der Waals surface area contributed by atoms with E-state index in [1.54, 1.807) is 42.3 Å². The molecule has 7 nitrogen and oxygen atoms in total. The molecule has 0 spiro atoms. The summed E-state index contributed by atoms with van der Waals surface area (Å²) >= 11 is 0. The van der Waals surface area contributed by atoms with E-state index >= 15 is 0 Å². The highest BCUT2D eigenvalue weighted by molar-refractivity contribution is 5.99. The molecule has 2 heterocycles. The average Bonchev–Trinajstić information content (AvgIpc) is 3.04. The lowest BCUT2D eigenvalue weighted by atomic mass is 10.0. The third-order valence-electron chi connectivity index (χ3n) is 4.73. The molecule has 0 unspecified atom stereocenters. The number of amides is 1. The van der Waals surface area contributed by atoms with Gasteiger partial charge in [-0.3, -0.25) is 9.48 Å². The standard InChI is InChI=1S/C21H19FN6O/c1-12-6-20(29)27-18-5-3-4-17(21(18)25-12)26-19-7-13(9-23)15(8-16(19)22)14-10-24-28(2)11-14/h3-5,7-8,10-12,25-26H,6H2,1-2H3,(H,27,29)/t12-/m1/s1. The van der Waals surface area contributed by atoms with E-state index in [2.05, 4.69) is 27.1 Å². The molecule has 0 bridgehead atoms. The Kier molecular flexibility index (Phi) is 4.64. The van der Waals surface area contributed by atoms with Gasteiger partial charge in [-0.25, -0.2) is 4.39 Å². The molecule has 0 saturated heterocycles. The van der Waals surface area contributed by atoms with Crippen LogP contribution >= 0.6 is 0 Å². The highest BCUT2D eigenvalue weighted by atomic mass is 19.1. The Morgan fingerprint density at radius 3 is 2.90 bits per heavy atom. The van der Waals surface area contributed by atoms with Gasteiger partial charge in [0.15, 0.2) is 0 Å². The first-order chi connectivity index (χ1) is 13.9. The van der Waals surface area contributed by atoms with E-state index < -0.39 is 5.82 Å². The van der Waals surface area contributed by atoms with E-state index in [1.165, 1.54) is 12.1 Å². The van der Waals surface area contributed by atoms with Gasteiger partial charge in [0.25, 0.3) is 0 Å². The smallest absolute Gasteiger partial charge is 0.226 e. The Morgan fingerprint density at radius 1 is 1.34 bits per heavy atom. The van der Waals surface area contributed by atoms with Gasteiger partial charge >= 0.3 is 0 Å². The summed E-state index contributed by atoms with van der Waals surface area (Å²) in [6.45, 7) is 1.91. The van der Waals surface area contributed by atoms with Gasteiger partial charge in [0.2, 0.25) is 5.91 Å². The molecule has 2 aromatic carbocycles. The van der Waals surface area contributed by atoms with Crippen LogP contribution in [0.15, 0.2) is 42.7 Å². The minimum atomic E-state index is -0.494. The predicted octanol–water partition coefficient (Wildman–Crippen LogP) is 3.98. The number of anilines is 4. The van der Waals surface area contributed by atoms with Crippen LogP contribution in [0.25, 0.3) is 11.1 Å². The van der Waals surface area contributed by atoms with Gasteiger partial charge in [-0.2, -0.15) is 10.4 Å². The molecule has 1 aromatic heterocycles.